The van der Waals surface area contributed by atoms with Crippen LogP contribution in [0.1, 0.15) is 34.5 Å². The highest BCUT2D eigenvalue weighted by molar-refractivity contribution is 5.93. The Hall–Kier alpha value is -2.58. The Bertz CT molecular complexity index is 694. The molecule has 0 aliphatic carbocycles. The zero-order valence-corrected chi connectivity index (χ0v) is 12.1. The number of nitrogens with one attached hydrogen (secondary N) is 1. The van der Waals surface area contributed by atoms with Crippen LogP contribution in [-0.4, -0.2) is 22.2 Å². The molecule has 0 aliphatic heterocycles. The highest BCUT2D eigenvalue weighted by Gasteiger charge is 2.12. The maximum atomic E-state index is 12.1. The van der Waals surface area contributed by atoms with E-state index >= 15 is 0 Å². The molecule has 5 nitrogen and oxygen atoms in total. The molecule has 0 fully saturated rings. The molecule has 1 aromatic carbocycles. The number of nitrogens with zero attached hydrogens (tertiary/aromatic N) is 2. The maximum Gasteiger partial charge on any atom is 0.254 e. The van der Waals surface area contributed by atoms with Crippen LogP contribution in [0, 0.1) is 11.8 Å². The predicted octanol–water partition coefficient (Wildman–Crippen LogP) is 1.22. The number of nitrogens with two attached hydrogens (primary N) is 1. The van der Waals surface area contributed by atoms with Crippen LogP contribution < -0.4 is 11.1 Å². The van der Waals surface area contributed by atoms with E-state index in [0.29, 0.717) is 12.1 Å². The molecular formula is C16H18N4O. The predicted molar refractivity (Wildman–Crippen MR) is 81.5 cm³/mol. The van der Waals surface area contributed by atoms with E-state index < -0.39 is 0 Å². The Morgan fingerprint density at radius 1 is 1.52 bits per heavy atom. The van der Waals surface area contributed by atoms with Gasteiger partial charge in [0.15, 0.2) is 0 Å². The van der Waals surface area contributed by atoms with Crippen molar-refractivity contribution in [3.8, 4) is 11.8 Å². The lowest BCUT2D eigenvalue weighted by Crippen LogP contribution is -2.26. The molecule has 0 spiro atoms. The average Bonchev–Trinajstić information content (AvgIpc) is 2.92. The second kappa shape index (κ2) is 6.73. The highest BCUT2D eigenvalue weighted by Crippen LogP contribution is 2.14. The van der Waals surface area contributed by atoms with Gasteiger partial charge < -0.3 is 11.1 Å². The Balaban J connectivity index is 2.09. The molecule has 0 aliphatic rings. The van der Waals surface area contributed by atoms with Gasteiger partial charge in [-0.3, -0.25) is 9.48 Å². The van der Waals surface area contributed by atoms with Gasteiger partial charge in [0.05, 0.1) is 24.3 Å². The number of benzene rings is 1. The van der Waals surface area contributed by atoms with Crippen molar-refractivity contribution in [1.82, 2.24) is 15.1 Å². The largest absolute Gasteiger partial charge is 0.345 e. The van der Waals surface area contributed by atoms with Crippen LogP contribution in [0.2, 0.25) is 0 Å². The molecular weight excluding hydrogens is 264 g/mol. The molecule has 1 aromatic heterocycles. The third-order valence-corrected chi connectivity index (χ3v) is 3.04. The van der Waals surface area contributed by atoms with Crippen molar-refractivity contribution < 1.29 is 4.79 Å². The first kappa shape index (κ1) is 14.8. The van der Waals surface area contributed by atoms with E-state index in [-0.39, 0.29) is 11.9 Å². The van der Waals surface area contributed by atoms with Crippen molar-refractivity contribution in [1.29, 1.82) is 0 Å². The maximum absolute atomic E-state index is 12.1. The molecule has 0 saturated heterocycles. The lowest BCUT2D eigenvalue weighted by atomic mass is 10.0. The summed E-state index contributed by atoms with van der Waals surface area (Å²) in [5.74, 6) is 5.66. The van der Waals surface area contributed by atoms with Crippen LogP contribution in [0.5, 0.6) is 0 Å². The Labute approximate surface area is 124 Å². The minimum absolute atomic E-state index is 0.114. The summed E-state index contributed by atoms with van der Waals surface area (Å²) >= 11 is 0. The van der Waals surface area contributed by atoms with Gasteiger partial charge in [0.1, 0.15) is 0 Å². The summed E-state index contributed by atoms with van der Waals surface area (Å²) < 4.78 is 1.60. The summed E-state index contributed by atoms with van der Waals surface area (Å²) in [4.78, 5) is 12.1. The van der Waals surface area contributed by atoms with Gasteiger partial charge >= 0.3 is 0 Å². The van der Waals surface area contributed by atoms with Crippen LogP contribution in [0.25, 0.3) is 0 Å². The van der Waals surface area contributed by atoms with Crippen LogP contribution in [0.3, 0.4) is 0 Å². The molecule has 1 unspecified atom stereocenters. The van der Waals surface area contributed by atoms with Crippen LogP contribution in [0.4, 0.5) is 0 Å². The standard InChI is InChI=1S/C16H18N4O/c1-12(19-16(21)15-10-18-20(2)11-15)14-7-3-5-13(9-14)6-4-8-17/h3,5,7,9-12H,8,17H2,1-2H3,(H,19,21). The Morgan fingerprint density at radius 2 is 2.33 bits per heavy atom. The van der Waals surface area contributed by atoms with E-state index in [1.54, 1.807) is 24.1 Å². The molecule has 2 rings (SSSR count). The van der Waals surface area contributed by atoms with Gasteiger partial charge in [-0.1, -0.05) is 24.0 Å². The van der Waals surface area contributed by atoms with E-state index in [9.17, 15) is 4.79 Å². The first-order valence-electron chi connectivity index (χ1n) is 6.68. The molecule has 2 aromatic rings. The fourth-order valence-corrected chi connectivity index (χ4v) is 1.94. The van der Waals surface area contributed by atoms with Crippen LogP contribution in [0.15, 0.2) is 36.7 Å². The summed E-state index contributed by atoms with van der Waals surface area (Å²) in [6, 6.07) is 7.64. The molecule has 3 N–H and O–H groups in total. The smallest absolute Gasteiger partial charge is 0.254 e. The first-order valence-corrected chi connectivity index (χ1v) is 6.68. The number of aromatic nitrogens is 2. The monoisotopic (exact) mass is 282 g/mol. The molecule has 0 bridgehead atoms. The fraction of sp³-hybridized carbons (Fsp3) is 0.250. The highest BCUT2D eigenvalue weighted by atomic mass is 16.1. The number of hydrogen-bond donors (Lipinski definition) is 2. The van der Waals surface area contributed by atoms with Crippen LogP contribution in [-0.2, 0) is 7.05 Å². The summed E-state index contributed by atoms with van der Waals surface area (Å²) in [5, 5.41) is 6.94. The average molecular weight is 282 g/mol. The molecule has 1 atom stereocenters. The number of carbonyl (C=O) groups excluding carboxylic acids is 1. The molecule has 0 saturated carbocycles. The van der Waals surface area contributed by atoms with Crippen molar-refractivity contribution in [2.24, 2.45) is 12.8 Å². The van der Waals surface area contributed by atoms with Gasteiger partial charge in [-0.2, -0.15) is 5.10 Å². The van der Waals surface area contributed by atoms with E-state index in [0.717, 1.165) is 11.1 Å². The minimum atomic E-state index is -0.144. The molecule has 108 valence electrons. The minimum Gasteiger partial charge on any atom is -0.345 e. The second-order valence-electron chi connectivity index (χ2n) is 4.73. The zero-order valence-electron chi connectivity index (χ0n) is 12.1. The van der Waals surface area contributed by atoms with Gasteiger partial charge in [-0.15, -0.1) is 0 Å². The van der Waals surface area contributed by atoms with E-state index in [1.807, 2.05) is 31.2 Å². The van der Waals surface area contributed by atoms with E-state index in [4.69, 9.17) is 5.73 Å². The number of amides is 1. The Morgan fingerprint density at radius 3 is 3.00 bits per heavy atom. The lowest BCUT2D eigenvalue weighted by molar-refractivity contribution is 0.0940. The van der Waals surface area contributed by atoms with Gasteiger partial charge in [-0.05, 0) is 24.6 Å². The van der Waals surface area contributed by atoms with E-state index in [2.05, 4.69) is 22.3 Å². The number of hydrogen-bond acceptors (Lipinski definition) is 3. The molecule has 21 heavy (non-hydrogen) atoms. The molecule has 1 heterocycles. The molecule has 5 heteroatoms. The van der Waals surface area contributed by atoms with Crippen molar-refractivity contribution in [3.63, 3.8) is 0 Å². The SMILES string of the molecule is CC(NC(=O)c1cnn(C)c1)c1cccc(C#CCN)c1. The topological polar surface area (TPSA) is 72.9 Å². The number of rotatable bonds is 3. The van der Waals surface area contributed by atoms with Crippen molar-refractivity contribution in [2.75, 3.05) is 6.54 Å². The van der Waals surface area contributed by atoms with Crippen molar-refractivity contribution in [3.05, 3.63) is 53.3 Å². The Kier molecular flexibility index (Phi) is 4.75. The number of carbonyl (C=O) groups is 1. The van der Waals surface area contributed by atoms with Gasteiger partial charge in [0.2, 0.25) is 0 Å². The fourth-order valence-electron chi connectivity index (χ4n) is 1.94. The first-order chi connectivity index (χ1) is 10.1. The third-order valence-electron chi connectivity index (χ3n) is 3.04. The third kappa shape index (κ3) is 3.94. The second-order valence-corrected chi connectivity index (χ2v) is 4.73. The summed E-state index contributed by atoms with van der Waals surface area (Å²) in [5.41, 5.74) is 7.80. The summed E-state index contributed by atoms with van der Waals surface area (Å²) in [6.07, 6.45) is 3.23. The van der Waals surface area contributed by atoms with Gasteiger partial charge in [0.25, 0.3) is 5.91 Å². The van der Waals surface area contributed by atoms with E-state index in [1.165, 1.54) is 0 Å². The van der Waals surface area contributed by atoms with Crippen molar-refractivity contribution >= 4 is 5.91 Å². The summed E-state index contributed by atoms with van der Waals surface area (Å²) in [7, 11) is 1.78. The van der Waals surface area contributed by atoms with Gasteiger partial charge in [0, 0.05) is 18.8 Å². The molecule has 1 amide bonds. The summed E-state index contributed by atoms with van der Waals surface area (Å²) in [6.45, 7) is 2.27. The van der Waals surface area contributed by atoms with Gasteiger partial charge in [-0.25, -0.2) is 0 Å². The number of aryl methyl sites for hydroxylation is 1. The normalized spacial score (nSPS) is 11.4. The zero-order chi connectivity index (χ0) is 15.2. The quantitative estimate of drug-likeness (QED) is 0.831. The lowest BCUT2D eigenvalue weighted by Gasteiger charge is -2.14. The van der Waals surface area contributed by atoms with Crippen LogP contribution >= 0.6 is 0 Å². The van der Waals surface area contributed by atoms with Crippen molar-refractivity contribution in [2.45, 2.75) is 13.0 Å². The molecule has 0 radical (unpaired) electrons.